The molecule has 0 bridgehead atoms. The van der Waals surface area contributed by atoms with Crippen LogP contribution < -0.4 is 0 Å². The zero-order valence-corrected chi connectivity index (χ0v) is 14.3. The Balaban J connectivity index is 2.23. The van der Waals surface area contributed by atoms with E-state index < -0.39 is 0 Å². The second-order valence-electron chi connectivity index (χ2n) is 6.23. The normalized spacial score (nSPS) is 10.8. The van der Waals surface area contributed by atoms with Crippen molar-refractivity contribution in [3.63, 3.8) is 0 Å². The van der Waals surface area contributed by atoms with Crippen LogP contribution in [-0.2, 0) is 12.8 Å². The minimum Gasteiger partial charge on any atom is -0.0654 e. The lowest BCUT2D eigenvalue weighted by molar-refractivity contribution is 0.715. The van der Waals surface area contributed by atoms with E-state index in [0.29, 0.717) is 0 Å². The Bertz CT molecular complexity index is 502. The molecular formula is C22H30. The van der Waals surface area contributed by atoms with Gasteiger partial charge in [0, 0.05) is 0 Å². The number of hydrogen-bond donors (Lipinski definition) is 0. The average Bonchev–Trinajstić information content (AvgIpc) is 2.56. The topological polar surface area (TPSA) is 0 Å². The molecule has 118 valence electrons. The van der Waals surface area contributed by atoms with Gasteiger partial charge in [0.25, 0.3) is 0 Å². The highest BCUT2D eigenvalue weighted by molar-refractivity contribution is 5.70. The first-order valence-corrected chi connectivity index (χ1v) is 9.03. The molecule has 0 unspecified atom stereocenters. The van der Waals surface area contributed by atoms with E-state index in [9.17, 15) is 0 Å². The largest absolute Gasteiger partial charge is 0.0654 e. The molecule has 0 atom stereocenters. The van der Waals surface area contributed by atoms with Crippen molar-refractivity contribution in [2.24, 2.45) is 0 Å². The molecule has 0 saturated carbocycles. The molecule has 0 heteroatoms. The van der Waals surface area contributed by atoms with Gasteiger partial charge in [-0.1, -0.05) is 88.1 Å². The van der Waals surface area contributed by atoms with Crippen molar-refractivity contribution < 1.29 is 0 Å². The lowest BCUT2D eigenvalue weighted by Crippen LogP contribution is -1.95. The third-order valence-corrected chi connectivity index (χ3v) is 4.42. The molecule has 0 aliphatic carbocycles. The van der Waals surface area contributed by atoms with E-state index >= 15 is 0 Å². The van der Waals surface area contributed by atoms with Crippen molar-refractivity contribution in [1.29, 1.82) is 0 Å². The Morgan fingerprint density at radius 1 is 0.545 bits per heavy atom. The molecule has 0 fully saturated rings. The molecule has 0 nitrogen and oxygen atoms in total. The molecule has 2 rings (SSSR count). The van der Waals surface area contributed by atoms with E-state index in [0.717, 1.165) is 0 Å². The van der Waals surface area contributed by atoms with Crippen molar-refractivity contribution in [2.45, 2.75) is 65.2 Å². The van der Waals surface area contributed by atoms with Gasteiger partial charge in [-0.05, 0) is 47.9 Å². The second-order valence-corrected chi connectivity index (χ2v) is 6.23. The summed E-state index contributed by atoms with van der Waals surface area (Å²) in [5, 5.41) is 0. The van der Waals surface area contributed by atoms with Crippen LogP contribution in [0.5, 0.6) is 0 Å². The first kappa shape index (κ1) is 16.8. The van der Waals surface area contributed by atoms with Gasteiger partial charge in [-0.25, -0.2) is 0 Å². The maximum absolute atomic E-state index is 2.31. The highest BCUT2D eigenvalue weighted by atomic mass is 14.1. The fourth-order valence-electron chi connectivity index (χ4n) is 3.13. The molecule has 0 aromatic heterocycles. The van der Waals surface area contributed by atoms with Gasteiger partial charge in [0.05, 0.1) is 0 Å². The van der Waals surface area contributed by atoms with Crippen molar-refractivity contribution in [1.82, 2.24) is 0 Å². The number of unbranched alkanes of at least 4 members (excludes halogenated alkanes) is 4. The molecule has 2 aromatic rings. The Labute approximate surface area is 136 Å². The Morgan fingerprint density at radius 3 is 1.36 bits per heavy atom. The molecule has 0 heterocycles. The van der Waals surface area contributed by atoms with E-state index in [2.05, 4.69) is 62.4 Å². The quantitative estimate of drug-likeness (QED) is 0.445. The first-order valence-electron chi connectivity index (χ1n) is 9.03. The predicted molar refractivity (Wildman–Crippen MR) is 98.3 cm³/mol. The Kier molecular flexibility index (Phi) is 7.22. The second kappa shape index (κ2) is 9.46. The summed E-state index contributed by atoms with van der Waals surface area (Å²) in [5.74, 6) is 0. The standard InChI is InChI=1S/C22H30/c1-3-5-7-13-19-15-9-11-17-21(19)22-18-12-10-16-20(22)14-8-6-4-2/h9-12,15-18H,3-8,13-14H2,1-2H3. The smallest absolute Gasteiger partial charge is 0.0149 e. The fraction of sp³-hybridized carbons (Fsp3) is 0.455. The minimum absolute atomic E-state index is 1.20. The molecule has 0 N–H and O–H groups in total. The summed E-state index contributed by atoms with van der Waals surface area (Å²) in [6, 6.07) is 18.0. The minimum atomic E-state index is 1.20. The summed E-state index contributed by atoms with van der Waals surface area (Å²) in [4.78, 5) is 0. The van der Waals surface area contributed by atoms with Crippen LogP contribution in [-0.4, -0.2) is 0 Å². The van der Waals surface area contributed by atoms with Crippen LogP contribution in [0.2, 0.25) is 0 Å². The Hall–Kier alpha value is -1.56. The maximum atomic E-state index is 2.31. The number of hydrogen-bond acceptors (Lipinski definition) is 0. The summed E-state index contributed by atoms with van der Waals surface area (Å²) in [6.07, 6.45) is 10.2. The van der Waals surface area contributed by atoms with Gasteiger partial charge in [0.15, 0.2) is 0 Å². The highest BCUT2D eigenvalue weighted by Gasteiger charge is 2.08. The monoisotopic (exact) mass is 294 g/mol. The summed E-state index contributed by atoms with van der Waals surface area (Å²) >= 11 is 0. The summed E-state index contributed by atoms with van der Waals surface area (Å²) in [6.45, 7) is 4.55. The van der Waals surface area contributed by atoms with Gasteiger partial charge in [0.1, 0.15) is 0 Å². The highest BCUT2D eigenvalue weighted by Crippen LogP contribution is 2.29. The van der Waals surface area contributed by atoms with Crippen LogP contribution in [0.1, 0.15) is 63.5 Å². The predicted octanol–water partition coefficient (Wildman–Crippen LogP) is 6.82. The number of aryl methyl sites for hydroxylation is 2. The zero-order valence-electron chi connectivity index (χ0n) is 14.3. The van der Waals surface area contributed by atoms with Gasteiger partial charge in [-0.3, -0.25) is 0 Å². The number of rotatable bonds is 9. The molecule has 0 radical (unpaired) electrons. The molecule has 0 spiro atoms. The molecule has 22 heavy (non-hydrogen) atoms. The first-order chi connectivity index (χ1) is 10.9. The van der Waals surface area contributed by atoms with E-state index in [1.54, 1.807) is 0 Å². The van der Waals surface area contributed by atoms with Gasteiger partial charge < -0.3 is 0 Å². The summed E-state index contributed by atoms with van der Waals surface area (Å²) in [7, 11) is 0. The van der Waals surface area contributed by atoms with E-state index in [1.807, 2.05) is 0 Å². The van der Waals surface area contributed by atoms with Crippen LogP contribution in [0.25, 0.3) is 11.1 Å². The zero-order chi connectivity index (χ0) is 15.6. The molecule has 2 aromatic carbocycles. The van der Waals surface area contributed by atoms with Gasteiger partial charge in [-0.2, -0.15) is 0 Å². The molecular weight excluding hydrogens is 264 g/mol. The van der Waals surface area contributed by atoms with Crippen LogP contribution in [0.15, 0.2) is 48.5 Å². The lowest BCUT2D eigenvalue weighted by Gasteiger charge is -2.14. The molecule has 0 saturated heterocycles. The summed E-state index contributed by atoms with van der Waals surface area (Å²) in [5.41, 5.74) is 5.93. The average molecular weight is 294 g/mol. The van der Waals surface area contributed by atoms with Crippen molar-refractivity contribution in [3.8, 4) is 11.1 Å². The van der Waals surface area contributed by atoms with Gasteiger partial charge in [0.2, 0.25) is 0 Å². The summed E-state index contributed by atoms with van der Waals surface area (Å²) < 4.78 is 0. The maximum Gasteiger partial charge on any atom is -0.0149 e. The van der Waals surface area contributed by atoms with Gasteiger partial charge >= 0.3 is 0 Å². The third-order valence-electron chi connectivity index (χ3n) is 4.42. The molecule has 0 aliphatic heterocycles. The van der Waals surface area contributed by atoms with Crippen LogP contribution in [0, 0.1) is 0 Å². The van der Waals surface area contributed by atoms with Crippen LogP contribution in [0.3, 0.4) is 0 Å². The van der Waals surface area contributed by atoms with Crippen LogP contribution >= 0.6 is 0 Å². The SMILES string of the molecule is CCCCCc1ccccc1-c1ccccc1CCCCC. The Morgan fingerprint density at radius 2 is 0.955 bits per heavy atom. The van der Waals surface area contributed by atoms with E-state index in [-0.39, 0.29) is 0 Å². The van der Waals surface area contributed by atoms with E-state index in [1.165, 1.54) is 73.6 Å². The van der Waals surface area contributed by atoms with Crippen molar-refractivity contribution in [2.75, 3.05) is 0 Å². The third kappa shape index (κ3) is 4.73. The van der Waals surface area contributed by atoms with Gasteiger partial charge in [-0.15, -0.1) is 0 Å². The fourth-order valence-corrected chi connectivity index (χ4v) is 3.13. The van der Waals surface area contributed by atoms with Crippen molar-refractivity contribution in [3.05, 3.63) is 59.7 Å². The number of benzene rings is 2. The van der Waals surface area contributed by atoms with Crippen molar-refractivity contribution >= 4 is 0 Å². The molecule has 0 aliphatic rings. The van der Waals surface area contributed by atoms with E-state index in [4.69, 9.17) is 0 Å². The molecule has 0 amide bonds. The lowest BCUT2D eigenvalue weighted by atomic mass is 9.91. The van der Waals surface area contributed by atoms with Crippen LogP contribution in [0.4, 0.5) is 0 Å².